The Morgan fingerprint density at radius 1 is 1.08 bits per heavy atom. The molecule has 36 heavy (non-hydrogen) atoms. The lowest BCUT2D eigenvalue weighted by Gasteiger charge is -2.58. The van der Waals surface area contributed by atoms with E-state index in [2.05, 4.69) is 10.2 Å². The maximum Gasteiger partial charge on any atom is 0.407 e. The van der Waals surface area contributed by atoms with Crippen molar-refractivity contribution >= 4 is 12.1 Å². The lowest BCUT2D eigenvalue weighted by Crippen LogP contribution is -2.67. The van der Waals surface area contributed by atoms with E-state index in [9.17, 15) is 14.7 Å². The molecular weight excluding hydrogens is 456 g/mol. The van der Waals surface area contributed by atoms with E-state index in [1.54, 1.807) is 6.07 Å². The number of benzene rings is 2. The summed E-state index contributed by atoms with van der Waals surface area (Å²) < 4.78 is 10.9. The van der Waals surface area contributed by atoms with Crippen LogP contribution in [0.25, 0.3) is 0 Å². The number of ether oxygens (including phenoxy) is 2. The monoisotopic (exact) mass is 492 g/mol. The summed E-state index contributed by atoms with van der Waals surface area (Å²) in [6.45, 7) is 4.15. The van der Waals surface area contributed by atoms with Crippen LogP contribution < -0.4 is 10.1 Å². The van der Waals surface area contributed by atoms with Gasteiger partial charge in [0.25, 0.3) is 0 Å². The van der Waals surface area contributed by atoms with E-state index >= 15 is 0 Å². The van der Waals surface area contributed by atoms with E-state index < -0.39 is 17.1 Å². The van der Waals surface area contributed by atoms with Crippen LogP contribution in [0.3, 0.4) is 0 Å². The number of β-amino-alcohol motifs (C(OH)–C–C–N with tert-alkyl or cyclic N) is 1. The van der Waals surface area contributed by atoms with E-state index in [4.69, 9.17) is 9.47 Å². The van der Waals surface area contributed by atoms with Gasteiger partial charge in [-0.2, -0.15) is 0 Å². The topological polar surface area (TPSA) is 88.1 Å². The number of carbonyl (C=O) groups excluding carboxylic acids is 2. The summed E-state index contributed by atoms with van der Waals surface area (Å²) in [6.07, 6.45) is 4.75. The van der Waals surface area contributed by atoms with Gasteiger partial charge in [-0.25, -0.2) is 4.79 Å². The molecule has 5 rings (SSSR count). The van der Waals surface area contributed by atoms with Gasteiger partial charge in [-0.05, 0) is 74.2 Å². The van der Waals surface area contributed by atoms with Crippen LogP contribution in [0, 0.1) is 5.92 Å². The molecule has 7 nitrogen and oxygen atoms in total. The number of alkyl carbamates (subject to hydrolysis) is 1. The molecule has 7 heteroatoms. The molecule has 3 aliphatic rings. The summed E-state index contributed by atoms with van der Waals surface area (Å²) in [4.78, 5) is 26.7. The Morgan fingerprint density at radius 3 is 2.64 bits per heavy atom. The minimum absolute atomic E-state index is 0.124. The number of fused-ring (bicyclic) bond motifs is 1. The zero-order valence-corrected chi connectivity index (χ0v) is 20.9. The van der Waals surface area contributed by atoms with Crippen molar-refractivity contribution in [3.63, 3.8) is 0 Å². The molecule has 3 atom stereocenters. The second kappa shape index (κ2) is 10.2. The Kier molecular flexibility index (Phi) is 7.04. The molecule has 192 valence electrons. The fourth-order valence-corrected chi connectivity index (χ4v) is 6.16. The van der Waals surface area contributed by atoms with Gasteiger partial charge >= 0.3 is 12.1 Å². The van der Waals surface area contributed by atoms with E-state index in [0.29, 0.717) is 31.6 Å². The van der Waals surface area contributed by atoms with Crippen LogP contribution in [0.15, 0.2) is 54.6 Å². The number of carbonyl (C=O) groups is 2. The third-order valence-corrected chi connectivity index (χ3v) is 8.13. The van der Waals surface area contributed by atoms with Crippen LogP contribution in [0.5, 0.6) is 5.75 Å². The molecule has 0 spiro atoms. The standard InChI is InChI=1S/C29H36N2O5/c1-21(32)36-26-9-5-8-24(16-26)28-14-15-31(18-22-10-11-22)20-29(28,34)13-12-25(17-28)30-27(33)35-19-23-6-3-2-4-7-23/h2-9,16,22,25,34H,10-15,17-20H2,1H3,(H,30,33)/t25-,28+,29+/m1/s1. The Hall–Kier alpha value is -2.90. The molecule has 2 aliphatic carbocycles. The smallest absolute Gasteiger partial charge is 0.407 e. The van der Waals surface area contributed by atoms with Crippen LogP contribution in [-0.4, -0.2) is 53.3 Å². The van der Waals surface area contributed by atoms with Gasteiger partial charge in [0, 0.05) is 31.5 Å². The van der Waals surface area contributed by atoms with E-state index in [1.807, 2.05) is 48.5 Å². The maximum absolute atomic E-state index is 12.7. The van der Waals surface area contributed by atoms with Gasteiger partial charge in [0.15, 0.2) is 0 Å². The first-order valence-electron chi connectivity index (χ1n) is 13.1. The minimum atomic E-state index is -0.929. The van der Waals surface area contributed by atoms with Gasteiger partial charge in [0.05, 0.1) is 5.60 Å². The van der Waals surface area contributed by atoms with Crippen molar-refractivity contribution in [2.24, 2.45) is 5.92 Å². The molecule has 0 bridgehead atoms. The number of esters is 1. The van der Waals surface area contributed by atoms with Crippen molar-refractivity contribution in [3.05, 3.63) is 65.7 Å². The van der Waals surface area contributed by atoms with Gasteiger partial charge in [-0.15, -0.1) is 0 Å². The number of aliphatic hydroxyl groups is 1. The number of nitrogens with zero attached hydrogens (tertiary/aromatic N) is 1. The number of likely N-dealkylation sites (tertiary alicyclic amines) is 1. The summed E-state index contributed by atoms with van der Waals surface area (Å²) in [7, 11) is 0. The highest BCUT2D eigenvalue weighted by atomic mass is 16.5. The van der Waals surface area contributed by atoms with Crippen LogP contribution in [0.1, 0.15) is 56.6 Å². The third kappa shape index (κ3) is 5.42. The first-order valence-corrected chi connectivity index (χ1v) is 13.1. The fourth-order valence-electron chi connectivity index (χ4n) is 6.16. The molecule has 0 unspecified atom stereocenters. The summed E-state index contributed by atoms with van der Waals surface area (Å²) in [6, 6.07) is 17.0. The zero-order chi connectivity index (χ0) is 25.2. The molecule has 0 aromatic heterocycles. The van der Waals surface area contributed by atoms with Gasteiger partial charge in [0.2, 0.25) is 0 Å². The van der Waals surface area contributed by atoms with Crippen molar-refractivity contribution in [1.82, 2.24) is 10.2 Å². The van der Waals surface area contributed by atoms with Crippen LogP contribution >= 0.6 is 0 Å². The SMILES string of the molecule is CC(=O)Oc1cccc([C@@]23CCN(CC4CC4)C[C@@]2(O)CC[C@@H](NC(=O)OCc2ccccc2)C3)c1. The predicted octanol–water partition coefficient (Wildman–Crippen LogP) is 4.18. The van der Waals surface area contributed by atoms with Crippen molar-refractivity contribution in [3.8, 4) is 5.75 Å². The average molecular weight is 493 g/mol. The fraction of sp³-hybridized carbons (Fsp3) is 0.517. The summed E-state index contributed by atoms with van der Waals surface area (Å²) in [5.74, 6) is 0.865. The first-order chi connectivity index (χ1) is 17.3. The summed E-state index contributed by atoms with van der Waals surface area (Å²) >= 11 is 0. The lowest BCUT2D eigenvalue weighted by atomic mass is 9.55. The maximum atomic E-state index is 12.7. The first kappa shape index (κ1) is 24.8. The molecule has 1 amide bonds. The molecule has 3 fully saturated rings. The van der Waals surface area contributed by atoms with Crippen molar-refractivity contribution in [1.29, 1.82) is 0 Å². The number of hydrogen-bond acceptors (Lipinski definition) is 6. The predicted molar refractivity (Wildman–Crippen MR) is 136 cm³/mol. The van der Waals surface area contributed by atoms with Crippen molar-refractivity contribution < 1.29 is 24.2 Å². The number of hydrogen-bond donors (Lipinski definition) is 2. The summed E-state index contributed by atoms with van der Waals surface area (Å²) in [5.41, 5.74) is 0.409. The second-order valence-electron chi connectivity index (χ2n) is 10.8. The Labute approximate surface area is 212 Å². The molecule has 2 N–H and O–H groups in total. The molecule has 2 aromatic carbocycles. The third-order valence-electron chi connectivity index (χ3n) is 8.13. The molecule has 2 saturated carbocycles. The van der Waals surface area contributed by atoms with E-state index in [1.165, 1.54) is 19.8 Å². The lowest BCUT2D eigenvalue weighted by molar-refractivity contribution is -0.132. The molecule has 1 saturated heterocycles. The summed E-state index contributed by atoms with van der Waals surface area (Å²) in [5, 5.41) is 15.2. The zero-order valence-electron chi connectivity index (χ0n) is 20.9. The van der Waals surface area contributed by atoms with E-state index in [-0.39, 0.29) is 18.6 Å². The highest BCUT2D eigenvalue weighted by Gasteiger charge is 2.58. The molecule has 1 heterocycles. The van der Waals surface area contributed by atoms with Gasteiger partial charge < -0.3 is 24.8 Å². The number of nitrogens with one attached hydrogen (secondary N) is 1. The minimum Gasteiger partial charge on any atom is -0.445 e. The van der Waals surface area contributed by atoms with Crippen molar-refractivity contribution in [2.45, 2.75) is 69.1 Å². The van der Waals surface area contributed by atoms with Gasteiger partial charge in [-0.3, -0.25) is 4.79 Å². The average Bonchev–Trinajstić information content (AvgIpc) is 3.67. The molecule has 2 aromatic rings. The van der Waals surface area contributed by atoms with Crippen LogP contribution in [-0.2, 0) is 21.6 Å². The Balaban J connectivity index is 1.35. The van der Waals surface area contributed by atoms with Crippen LogP contribution in [0.2, 0.25) is 0 Å². The molecule has 0 radical (unpaired) electrons. The van der Waals surface area contributed by atoms with Gasteiger partial charge in [-0.1, -0.05) is 42.5 Å². The molecular formula is C29H36N2O5. The number of rotatable bonds is 7. The molecule has 1 aliphatic heterocycles. The number of piperidine rings is 1. The van der Waals surface area contributed by atoms with Crippen molar-refractivity contribution in [2.75, 3.05) is 19.6 Å². The highest BCUT2D eigenvalue weighted by Crippen LogP contribution is 2.52. The van der Waals surface area contributed by atoms with E-state index in [0.717, 1.165) is 36.6 Å². The second-order valence-corrected chi connectivity index (χ2v) is 10.8. The normalized spacial score (nSPS) is 28.1. The Bertz CT molecular complexity index is 1090. The van der Waals surface area contributed by atoms with Crippen LogP contribution in [0.4, 0.5) is 4.79 Å². The van der Waals surface area contributed by atoms with Gasteiger partial charge in [0.1, 0.15) is 12.4 Å². The highest BCUT2D eigenvalue weighted by molar-refractivity contribution is 5.69. The number of amides is 1. The quantitative estimate of drug-likeness (QED) is 0.446. The largest absolute Gasteiger partial charge is 0.445 e. The Morgan fingerprint density at radius 2 is 1.89 bits per heavy atom.